The first-order chi connectivity index (χ1) is 9.44. The van der Waals surface area contributed by atoms with E-state index in [-0.39, 0.29) is 11.6 Å². The van der Waals surface area contributed by atoms with Gasteiger partial charge in [-0.1, -0.05) is 17.7 Å². The van der Waals surface area contributed by atoms with Gasteiger partial charge in [-0.25, -0.2) is 0 Å². The summed E-state index contributed by atoms with van der Waals surface area (Å²) in [6.45, 7) is 8.80. The van der Waals surface area contributed by atoms with Crippen molar-refractivity contribution in [1.82, 2.24) is 5.32 Å². The van der Waals surface area contributed by atoms with Gasteiger partial charge in [0.15, 0.2) is 0 Å². The monoisotopic (exact) mass is 297 g/mol. The number of benzene rings is 1. The van der Waals surface area contributed by atoms with Gasteiger partial charge in [-0.3, -0.25) is 0 Å². The van der Waals surface area contributed by atoms with Crippen molar-refractivity contribution < 1.29 is 9.47 Å². The van der Waals surface area contributed by atoms with E-state index >= 15 is 0 Å². The molecule has 0 aliphatic carbocycles. The van der Waals surface area contributed by atoms with Gasteiger partial charge in [0.25, 0.3) is 0 Å². The van der Waals surface area contributed by atoms with Crippen LogP contribution in [0.15, 0.2) is 18.2 Å². The van der Waals surface area contributed by atoms with Gasteiger partial charge in [0.1, 0.15) is 11.9 Å². The molecule has 0 amide bonds. The highest BCUT2D eigenvalue weighted by molar-refractivity contribution is 6.32. The summed E-state index contributed by atoms with van der Waals surface area (Å²) >= 11 is 6.31. The van der Waals surface area contributed by atoms with E-state index in [4.69, 9.17) is 21.1 Å². The van der Waals surface area contributed by atoms with Gasteiger partial charge < -0.3 is 14.8 Å². The molecule has 0 saturated carbocycles. The molecule has 0 atom stereocenters. The zero-order chi connectivity index (χ0) is 14.6. The van der Waals surface area contributed by atoms with E-state index in [0.29, 0.717) is 5.02 Å². The second-order valence-corrected chi connectivity index (χ2v) is 6.71. The van der Waals surface area contributed by atoms with Crippen molar-refractivity contribution in [2.45, 2.75) is 51.8 Å². The Labute approximate surface area is 126 Å². The molecule has 1 N–H and O–H groups in total. The van der Waals surface area contributed by atoms with Crippen LogP contribution in [-0.2, 0) is 11.3 Å². The van der Waals surface area contributed by atoms with Gasteiger partial charge in [0.2, 0.25) is 0 Å². The molecule has 1 aromatic rings. The molecule has 1 aliphatic rings. The third kappa shape index (κ3) is 4.97. The van der Waals surface area contributed by atoms with Crippen LogP contribution in [0.5, 0.6) is 5.75 Å². The smallest absolute Gasteiger partial charge is 0.138 e. The molecular weight excluding hydrogens is 274 g/mol. The molecule has 1 saturated heterocycles. The van der Waals surface area contributed by atoms with Crippen LogP contribution in [0.25, 0.3) is 0 Å². The molecule has 1 fully saturated rings. The van der Waals surface area contributed by atoms with Gasteiger partial charge >= 0.3 is 0 Å². The van der Waals surface area contributed by atoms with Crippen LogP contribution in [0.4, 0.5) is 0 Å². The second-order valence-electron chi connectivity index (χ2n) is 6.30. The molecule has 112 valence electrons. The topological polar surface area (TPSA) is 30.5 Å². The molecule has 1 heterocycles. The summed E-state index contributed by atoms with van der Waals surface area (Å²) in [5.41, 5.74) is 1.27. The summed E-state index contributed by atoms with van der Waals surface area (Å²) in [4.78, 5) is 0. The molecule has 3 nitrogen and oxygen atoms in total. The van der Waals surface area contributed by atoms with Crippen molar-refractivity contribution in [1.29, 1.82) is 0 Å². The van der Waals surface area contributed by atoms with E-state index in [1.807, 2.05) is 12.1 Å². The van der Waals surface area contributed by atoms with Crippen LogP contribution in [0.1, 0.15) is 39.2 Å². The van der Waals surface area contributed by atoms with E-state index in [9.17, 15) is 0 Å². The molecule has 0 spiro atoms. The maximum Gasteiger partial charge on any atom is 0.138 e. The Morgan fingerprint density at radius 1 is 1.30 bits per heavy atom. The molecule has 0 radical (unpaired) electrons. The molecular formula is C16H24ClNO2. The standard InChI is InChI=1S/C16H24ClNO2/c1-16(2,3)18-11-12-4-5-15(14(17)10-12)20-13-6-8-19-9-7-13/h4-5,10,13,18H,6-9,11H2,1-3H3. The Morgan fingerprint density at radius 2 is 2.00 bits per heavy atom. The third-order valence-electron chi connectivity index (χ3n) is 3.28. The predicted molar refractivity (Wildman–Crippen MR) is 82.5 cm³/mol. The lowest BCUT2D eigenvalue weighted by Crippen LogP contribution is -2.35. The van der Waals surface area contributed by atoms with Gasteiger partial charge in [-0.15, -0.1) is 0 Å². The Bertz CT molecular complexity index is 437. The summed E-state index contributed by atoms with van der Waals surface area (Å²) < 4.78 is 11.3. The van der Waals surface area contributed by atoms with E-state index in [0.717, 1.165) is 38.3 Å². The molecule has 1 aliphatic heterocycles. The van der Waals surface area contributed by atoms with Gasteiger partial charge in [0, 0.05) is 24.9 Å². The Balaban J connectivity index is 1.94. The van der Waals surface area contributed by atoms with Crippen molar-refractivity contribution in [2.24, 2.45) is 0 Å². The minimum Gasteiger partial charge on any atom is -0.489 e. The van der Waals surface area contributed by atoms with Crippen LogP contribution in [-0.4, -0.2) is 24.9 Å². The predicted octanol–water partition coefficient (Wildman–Crippen LogP) is 3.79. The first kappa shape index (κ1) is 15.6. The van der Waals surface area contributed by atoms with Crippen molar-refractivity contribution in [3.63, 3.8) is 0 Å². The fourth-order valence-corrected chi connectivity index (χ4v) is 2.34. The number of hydrogen-bond acceptors (Lipinski definition) is 3. The summed E-state index contributed by atoms with van der Waals surface area (Å²) in [7, 11) is 0. The van der Waals surface area contributed by atoms with Gasteiger partial charge in [-0.2, -0.15) is 0 Å². The Kier molecular flexibility index (Phi) is 5.30. The van der Waals surface area contributed by atoms with Crippen LogP contribution in [0, 0.1) is 0 Å². The van der Waals surface area contributed by atoms with Crippen molar-refractivity contribution in [3.8, 4) is 5.75 Å². The molecule has 20 heavy (non-hydrogen) atoms. The molecule has 0 aromatic heterocycles. The molecule has 2 rings (SSSR count). The summed E-state index contributed by atoms with van der Waals surface area (Å²) in [5.74, 6) is 0.776. The fraction of sp³-hybridized carbons (Fsp3) is 0.625. The highest BCUT2D eigenvalue weighted by atomic mass is 35.5. The highest BCUT2D eigenvalue weighted by Crippen LogP contribution is 2.28. The van der Waals surface area contributed by atoms with Crippen molar-refractivity contribution in [2.75, 3.05) is 13.2 Å². The highest BCUT2D eigenvalue weighted by Gasteiger charge is 2.17. The summed E-state index contributed by atoms with van der Waals surface area (Å²) in [6.07, 6.45) is 2.09. The summed E-state index contributed by atoms with van der Waals surface area (Å²) in [6, 6.07) is 6.02. The second kappa shape index (κ2) is 6.79. The van der Waals surface area contributed by atoms with Crippen molar-refractivity contribution >= 4 is 11.6 Å². The molecule has 0 unspecified atom stereocenters. The molecule has 4 heteroatoms. The van der Waals surface area contributed by atoms with Gasteiger partial charge in [-0.05, 0) is 38.5 Å². The Morgan fingerprint density at radius 3 is 2.60 bits per heavy atom. The number of nitrogens with one attached hydrogen (secondary N) is 1. The maximum atomic E-state index is 6.31. The first-order valence-electron chi connectivity index (χ1n) is 7.22. The van der Waals surface area contributed by atoms with E-state index in [1.165, 1.54) is 5.56 Å². The SMILES string of the molecule is CC(C)(C)NCc1ccc(OC2CCOCC2)c(Cl)c1. The van der Waals surface area contributed by atoms with Gasteiger partial charge in [0.05, 0.1) is 18.2 Å². The molecule has 0 bridgehead atoms. The number of halogens is 1. The minimum atomic E-state index is 0.101. The van der Waals surface area contributed by atoms with E-state index in [1.54, 1.807) is 0 Å². The largest absolute Gasteiger partial charge is 0.489 e. The van der Waals surface area contributed by atoms with Crippen molar-refractivity contribution in [3.05, 3.63) is 28.8 Å². The Hall–Kier alpha value is -0.770. The molecule has 1 aromatic carbocycles. The van der Waals surface area contributed by atoms with E-state index in [2.05, 4.69) is 32.2 Å². The zero-order valence-electron chi connectivity index (χ0n) is 12.5. The van der Waals surface area contributed by atoms with E-state index < -0.39 is 0 Å². The summed E-state index contributed by atoms with van der Waals surface area (Å²) in [5, 5.41) is 4.14. The number of hydrogen-bond donors (Lipinski definition) is 1. The average Bonchev–Trinajstić information content (AvgIpc) is 2.40. The lowest BCUT2D eigenvalue weighted by Gasteiger charge is -2.24. The maximum absolute atomic E-state index is 6.31. The normalized spacial score (nSPS) is 17.2. The quantitative estimate of drug-likeness (QED) is 0.917. The fourth-order valence-electron chi connectivity index (χ4n) is 2.09. The third-order valence-corrected chi connectivity index (χ3v) is 3.58. The lowest BCUT2D eigenvalue weighted by molar-refractivity contribution is 0.0256. The minimum absolute atomic E-state index is 0.101. The average molecular weight is 298 g/mol. The van der Waals surface area contributed by atoms with Crippen LogP contribution >= 0.6 is 11.6 Å². The van der Waals surface area contributed by atoms with Crippen LogP contribution in [0.3, 0.4) is 0 Å². The lowest BCUT2D eigenvalue weighted by atomic mass is 10.1. The van der Waals surface area contributed by atoms with Crippen LogP contribution < -0.4 is 10.1 Å². The first-order valence-corrected chi connectivity index (χ1v) is 7.60. The number of ether oxygens (including phenoxy) is 2. The number of rotatable bonds is 4. The zero-order valence-corrected chi connectivity index (χ0v) is 13.3. The van der Waals surface area contributed by atoms with Crippen LogP contribution in [0.2, 0.25) is 5.02 Å².